The molecule has 4 rings (SSSR count). The fourth-order valence-electron chi connectivity index (χ4n) is 3.85. The molecule has 1 amide bonds. The Kier molecular flexibility index (Phi) is 6.65. The molecule has 1 saturated heterocycles. The molecular weight excluding hydrogens is 440 g/mol. The third kappa shape index (κ3) is 4.71. The zero-order valence-electron chi connectivity index (χ0n) is 18.6. The first-order valence-corrected chi connectivity index (χ1v) is 11.6. The molecule has 0 bridgehead atoms. The Morgan fingerprint density at radius 3 is 2.42 bits per heavy atom. The third-order valence-electron chi connectivity index (χ3n) is 5.41. The Bertz CT molecular complexity index is 1140. The predicted octanol–water partition coefficient (Wildman–Crippen LogP) is 4.39. The van der Waals surface area contributed by atoms with Crippen molar-refractivity contribution in [3.05, 3.63) is 77.0 Å². The van der Waals surface area contributed by atoms with Gasteiger partial charge in [0, 0.05) is 6.92 Å². The highest BCUT2D eigenvalue weighted by Gasteiger charge is 2.47. The molecular formula is C25H24N2O5S. The second-order valence-electron chi connectivity index (χ2n) is 7.74. The van der Waals surface area contributed by atoms with Gasteiger partial charge in [0.15, 0.2) is 5.17 Å². The Labute approximate surface area is 196 Å². The van der Waals surface area contributed by atoms with Gasteiger partial charge in [0.05, 0.1) is 22.6 Å². The molecule has 0 aromatic heterocycles. The number of esters is 2. The van der Waals surface area contributed by atoms with Gasteiger partial charge in [0.1, 0.15) is 12.4 Å². The monoisotopic (exact) mass is 464 g/mol. The fourth-order valence-corrected chi connectivity index (χ4v) is 4.98. The van der Waals surface area contributed by atoms with Crippen molar-refractivity contribution in [1.29, 1.82) is 0 Å². The molecule has 8 heteroatoms. The second kappa shape index (κ2) is 9.62. The number of thioether (sulfide) groups is 1. The molecule has 0 radical (unpaired) electrons. The van der Waals surface area contributed by atoms with Gasteiger partial charge in [-0.05, 0) is 36.6 Å². The highest BCUT2D eigenvalue weighted by molar-refractivity contribution is 8.15. The normalized spacial score (nSPS) is 19.8. The summed E-state index contributed by atoms with van der Waals surface area (Å²) in [4.78, 5) is 43.9. The number of rotatable bonds is 6. The summed E-state index contributed by atoms with van der Waals surface area (Å²) in [6.45, 7) is 5.15. The van der Waals surface area contributed by atoms with Crippen molar-refractivity contribution in [3.8, 4) is 5.75 Å². The van der Waals surface area contributed by atoms with Crippen molar-refractivity contribution >= 4 is 34.8 Å². The smallest absolute Gasteiger partial charge is 0.338 e. The van der Waals surface area contributed by atoms with E-state index in [2.05, 4.69) is 4.99 Å². The summed E-state index contributed by atoms with van der Waals surface area (Å²) in [5.74, 6) is -0.645. The summed E-state index contributed by atoms with van der Waals surface area (Å²) in [5, 5.41) is 0.331. The number of fused-ring (bicyclic) bond motifs is 1. The van der Waals surface area contributed by atoms with E-state index >= 15 is 0 Å². The minimum absolute atomic E-state index is 0.0869. The van der Waals surface area contributed by atoms with E-state index in [0.29, 0.717) is 34.2 Å². The molecule has 1 fully saturated rings. The van der Waals surface area contributed by atoms with E-state index in [9.17, 15) is 14.4 Å². The fraction of sp³-hybridized carbons (Fsp3) is 0.280. The maximum Gasteiger partial charge on any atom is 0.338 e. The van der Waals surface area contributed by atoms with Crippen LogP contribution in [0.25, 0.3) is 0 Å². The van der Waals surface area contributed by atoms with E-state index in [-0.39, 0.29) is 17.8 Å². The molecule has 2 unspecified atom stereocenters. The summed E-state index contributed by atoms with van der Waals surface area (Å²) >= 11 is 1.41. The van der Waals surface area contributed by atoms with E-state index in [4.69, 9.17) is 9.47 Å². The first-order valence-electron chi connectivity index (χ1n) is 10.7. The molecule has 2 atom stereocenters. The van der Waals surface area contributed by atoms with Crippen LogP contribution in [0.1, 0.15) is 44.4 Å². The van der Waals surface area contributed by atoms with Gasteiger partial charge in [0.2, 0.25) is 5.91 Å². The summed E-state index contributed by atoms with van der Waals surface area (Å²) in [5.41, 5.74) is 2.41. The van der Waals surface area contributed by atoms with E-state index in [1.807, 2.05) is 37.3 Å². The predicted molar refractivity (Wildman–Crippen MR) is 125 cm³/mol. The van der Waals surface area contributed by atoms with Crippen molar-refractivity contribution in [2.45, 2.75) is 45.1 Å². The lowest BCUT2D eigenvalue weighted by Gasteiger charge is -2.33. The van der Waals surface area contributed by atoms with Gasteiger partial charge in [-0.3, -0.25) is 14.5 Å². The van der Waals surface area contributed by atoms with Gasteiger partial charge in [-0.15, -0.1) is 0 Å². The lowest BCUT2D eigenvalue weighted by molar-refractivity contribution is -0.141. The minimum atomic E-state index is -0.677. The number of hydrogen-bond donors (Lipinski definition) is 0. The summed E-state index contributed by atoms with van der Waals surface area (Å²) in [7, 11) is 0. The van der Waals surface area contributed by atoms with Crippen molar-refractivity contribution in [1.82, 2.24) is 4.90 Å². The number of hydrogen-bond acceptors (Lipinski definition) is 7. The Balaban J connectivity index is 1.69. The summed E-state index contributed by atoms with van der Waals surface area (Å²) < 4.78 is 10.8. The first-order chi connectivity index (χ1) is 15.9. The molecule has 2 heterocycles. The number of ether oxygens (including phenoxy) is 2. The van der Waals surface area contributed by atoms with Crippen LogP contribution in [0.2, 0.25) is 0 Å². The Morgan fingerprint density at radius 1 is 1.09 bits per heavy atom. The quantitative estimate of drug-likeness (QED) is 0.466. The van der Waals surface area contributed by atoms with Crippen LogP contribution < -0.4 is 4.74 Å². The van der Waals surface area contributed by atoms with Gasteiger partial charge in [-0.25, -0.2) is 9.79 Å². The minimum Gasteiger partial charge on any atom is -0.457 e. The van der Waals surface area contributed by atoms with E-state index in [0.717, 1.165) is 5.56 Å². The molecule has 2 aromatic rings. The number of aliphatic imine (C=N–C) groups is 1. The molecule has 0 aliphatic carbocycles. The average molecular weight is 465 g/mol. The number of carbonyl (C=O) groups excluding carboxylic acids is 3. The summed E-state index contributed by atoms with van der Waals surface area (Å²) in [6.07, 6.45) is 0.657. The van der Waals surface area contributed by atoms with Crippen LogP contribution in [0.15, 0.2) is 70.9 Å². The largest absolute Gasteiger partial charge is 0.457 e. The number of amidine groups is 1. The van der Waals surface area contributed by atoms with Crippen LogP contribution in [0.3, 0.4) is 0 Å². The molecule has 2 aliphatic heterocycles. The standard InChI is InChI=1S/C25H24N2O5S/c1-4-20-23(29)27-22(18-10-12-19(13-11-18)32-16(3)28)21(15(2)26-25(27)33-20)24(30)31-14-17-8-6-5-7-9-17/h5-13,20,22H,4,14H2,1-3H3. The molecule has 0 spiro atoms. The van der Waals surface area contributed by atoms with Crippen LogP contribution in [-0.4, -0.2) is 33.2 Å². The molecule has 7 nitrogen and oxygen atoms in total. The highest BCUT2D eigenvalue weighted by Crippen LogP contribution is 2.44. The zero-order valence-corrected chi connectivity index (χ0v) is 19.4. The van der Waals surface area contributed by atoms with Gasteiger partial charge < -0.3 is 9.47 Å². The van der Waals surface area contributed by atoms with Gasteiger partial charge >= 0.3 is 11.9 Å². The molecule has 33 heavy (non-hydrogen) atoms. The number of carbonyl (C=O) groups is 3. The summed E-state index contributed by atoms with van der Waals surface area (Å²) in [6, 6.07) is 15.5. The van der Waals surface area contributed by atoms with Gasteiger partial charge in [-0.1, -0.05) is 61.2 Å². The average Bonchev–Trinajstić information content (AvgIpc) is 3.12. The number of allylic oxidation sites excluding steroid dienone is 1. The topological polar surface area (TPSA) is 85.3 Å². The van der Waals surface area contributed by atoms with E-state index in [1.165, 1.54) is 18.7 Å². The molecule has 0 saturated carbocycles. The van der Waals surface area contributed by atoms with Crippen molar-refractivity contribution < 1.29 is 23.9 Å². The maximum absolute atomic E-state index is 13.3. The van der Waals surface area contributed by atoms with Crippen LogP contribution in [-0.2, 0) is 25.7 Å². The lowest BCUT2D eigenvalue weighted by atomic mass is 9.94. The first kappa shape index (κ1) is 22.8. The van der Waals surface area contributed by atoms with Crippen molar-refractivity contribution in [2.75, 3.05) is 0 Å². The van der Waals surface area contributed by atoms with Crippen molar-refractivity contribution in [3.63, 3.8) is 0 Å². The van der Waals surface area contributed by atoms with Gasteiger partial charge in [-0.2, -0.15) is 0 Å². The number of nitrogens with zero attached hydrogens (tertiary/aromatic N) is 2. The second-order valence-corrected chi connectivity index (χ2v) is 8.91. The SMILES string of the molecule is CCC1SC2=NC(C)=C(C(=O)OCc3ccccc3)C(c3ccc(OC(C)=O)cc3)N2C1=O. The lowest BCUT2D eigenvalue weighted by Crippen LogP contribution is -2.40. The van der Waals surface area contributed by atoms with Crippen LogP contribution in [0.4, 0.5) is 0 Å². The van der Waals surface area contributed by atoms with Crippen LogP contribution in [0, 0.1) is 0 Å². The molecule has 170 valence electrons. The highest BCUT2D eigenvalue weighted by atomic mass is 32.2. The third-order valence-corrected chi connectivity index (χ3v) is 6.73. The molecule has 2 aromatic carbocycles. The van der Waals surface area contributed by atoms with Gasteiger partial charge in [0.25, 0.3) is 0 Å². The zero-order chi connectivity index (χ0) is 23.5. The number of benzene rings is 2. The van der Waals surface area contributed by atoms with Crippen molar-refractivity contribution in [2.24, 2.45) is 4.99 Å². The van der Waals surface area contributed by atoms with E-state index in [1.54, 1.807) is 36.1 Å². The maximum atomic E-state index is 13.3. The number of amides is 1. The van der Waals surface area contributed by atoms with Crippen LogP contribution >= 0.6 is 11.8 Å². The Morgan fingerprint density at radius 2 is 1.79 bits per heavy atom. The molecule has 0 N–H and O–H groups in total. The van der Waals surface area contributed by atoms with E-state index < -0.39 is 18.0 Å². The molecule has 2 aliphatic rings. The Hall–Kier alpha value is -3.39. The van der Waals surface area contributed by atoms with Crippen LogP contribution in [0.5, 0.6) is 5.75 Å².